The molecule has 0 amide bonds. The highest BCUT2D eigenvalue weighted by Gasteiger charge is 2.14. The van der Waals surface area contributed by atoms with Crippen LogP contribution in [0.3, 0.4) is 0 Å². The van der Waals surface area contributed by atoms with Crippen molar-refractivity contribution in [3.05, 3.63) is 97.9 Å². The van der Waals surface area contributed by atoms with E-state index in [9.17, 15) is 9.18 Å². The number of nitrogens with zero attached hydrogens (tertiary/aromatic N) is 4. The summed E-state index contributed by atoms with van der Waals surface area (Å²) < 4.78 is 14.8. The molecule has 0 unspecified atom stereocenters. The van der Waals surface area contributed by atoms with Gasteiger partial charge in [0.1, 0.15) is 16.6 Å². The van der Waals surface area contributed by atoms with E-state index >= 15 is 0 Å². The summed E-state index contributed by atoms with van der Waals surface area (Å²) in [6.07, 6.45) is 0.559. The molecule has 3 heterocycles. The van der Waals surface area contributed by atoms with E-state index in [1.54, 1.807) is 34.1 Å². The highest BCUT2D eigenvalue weighted by atomic mass is 32.1. The van der Waals surface area contributed by atoms with E-state index in [2.05, 4.69) is 20.9 Å². The van der Waals surface area contributed by atoms with Crippen LogP contribution < -0.4 is 10.9 Å². The van der Waals surface area contributed by atoms with Crippen LogP contribution in [-0.2, 0) is 13.0 Å². The quantitative estimate of drug-likeness (QED) is 0.402. The third kappa shape index (κ3) is 4.23. The Hall–Kier alpha value is -3.43. The first-order valence-electron chi connectivity index (χ1n) is 9.50. The zero-order valence-corrected chi connectivity index (χ0v) is 17.8. The van der Waals surface area contributed by atoms with E-state index in [4.69, 9.17) is 4.98 Å². The standard InChI is InChI=1S/C22H16FN5OS2/c23-15-5-7-16(8-6-15)24-22-27-26-20(31-22)12-28-19(11-14-9-10-30-13-14)25-18-4-2-1-3-17(18)21(28)29/h1-10,13H,11-12H2,(H,24,27). The van der Waals surface area contributed by atoms with E-state index in [0.29, 0.717) is 39.0 Å². The lowest BCUT2D eigenvalue weighted by Crippen LogP contribution is -2.26. The molecule has 0 atom stereocenters. The lowest BCUT2D eigenvalue weighted by Gasteiger charge is -2.12. The monoisotopic (exact) mass is 449 g/mol. The molecule has 0 saturated heterocycles. The van der Waals surface area contributed by atoms with Crippen LogP contribution in [0.15, 0.2) is 70.2 Å². The minimum atomic E-state index is -0.301. The average Bonchev–Trinajstić information content (AvgIpc) is 3.45. The molecule has 6 nitrogen and oxygen atoms in total. The van der Waals surface area contributed by atoms with Crippen LogP contribution in [0.5, 0.6) is 0 Å². The average molecular weight is 450 g/mol. The van der Waals surface area contributed by atoms with Gasteiger partial charge in [0.25, 0.3) is 5.56 Å². The molecule has 5 aromatic rings. The van der Waals surface area contributed by atoms with Gasteiger partial charge in [-0.1, -0.05) is 23.5 Å². The summed E-state index contributed by atoms with van der Waals surface area (Å²) >= 11 is 2.96. The van der Waals surface area contributed by atoms with Gasteiger partial charge < -0.3 is 5.32 Å². The zero-order valence-electron chi connectivity index (χ0n) is 16.2. The molecule has 0 aliphatic carbocycles. The molecule has 0 aliphatic heterocycles. The lowest BCUT2D eigenvalue weighted by atomic mass is 10.2. The van der Waals surface area contributed by atoms with Crippen molar-refractivity contribution in [1.29, 1.82) is 0 Å². The fraction of sp³-hybridized carbons (Fsp3) is 0.0909. The number of thiophene rings is 1. The second-order valence-electron chi connectivity index (χ2n) is 6.88. The van der Waals surface area contributed by atoms with Crippen LogP contribution in [0.25, 0.3) is 10.9 Å². The van der Waals surface area contributed by atoms with E-state index in [0.717, 1.165) is 5.56 Å². The highest BCUT2D eigenvalue weighted by molar-refractivity contribution is 7.15. The van der Waals surface area contributed by atoms with Crippen LogP contribution in [0.4, 0.5) is 15.2 Å². The fourth-order valence-electron chi connectivity index (χ4n) is 3.25. The number of fused-ring (bicyclic) bond motifs is 1. The molecule has 5 rings (SSSR count). The summed E-state index contributed by atoms with van der Waals surface area (Å²) in [5.74, 6) is 0.384. The van der Waals surface area contributed by atoms with E-state index in [1.807, 2.05) is 29.6 Å². The van der Waals surface area contributed by atoms with Crippen molar-refractivity contribution < 1.29 is 4.39 Å². The van der Waals surface area contributed by atoms with Crippen LogP contribution >= 0.6 is 22.7 Å². The normalized spacial score (nSPS) is 11.1. The molecule has 0 radical (unpaired) electrons. The number of hydrogen-bond acceptors (Lipinski definition) is 7. The summed E-state index contributed by atoms with van der Waals surface area (Å²) in [7, 11) is 0. The van der Waals surface area contributed by atoms with Gasteiger partial charge in [-0.25, -0.2) is 9.37 Å². The first-order chi connectivity index (χ1) is 15.2. The second-order valence-corrected chi connectivity index (χ2v) is 8.72. The molecule has 31 heavy (non-hydrogen) atoms. The maximum atomic E-state index is 13.2. The van der Waals surface area contributed by atoms with E-state index in [1.165, 1.54) is 23.5 Å². The predicted molar refractivity (Wildman–Crippen MR) is 122 cm³/mol. The Labute approximate surface area is 184 Å². The molecule has 0 spiro atoms. The summed E-state index contributed by atoms with van der Waals surface area (Å²) in [6, 6.07) is 15.4. The first-order valence-corrected chi connectivity index (χ1v) is 11.3. The topological polar surface area (TPSA) is 72.7 Å². The second kappa shape index (κ2) is 8.37. The Bertz CT molecular complexity index is 1390. The van der Waals surface area contributed by atoms with Crippen LogP contribution in [0, 0.1) is 5.82 Å². The molecule has 154 valence electrons. The fourth-order valence-corrected chi connectivity index (χ4v) is 4.67. The SMILES string of the molecule is O=c1c2ccccc2nc(Cc2ccsc2)n1Cc1nnc(Nc2ccc(F)cc2)s1. The molecule has 2 aromatic carbocycles. The van der Waals surface area contributed by atoms with Gasteiger partial charge in [0, 0.05) is 12.1 Å². The van der Waals surface area contributed by atoms with Gasteiger partial charge in [0.05, 0.1) is 17.4 Å². The smallest absolute Gasteiger partial charge is 0.261 e. The molecule has 0 saturated carbocycles. The lowest BCUT2D eigenvalue weighted by molar-refractivity contribution is 0.628. The van der Waals surface area contributed by atoms with Gasteiger partial charge in [-0.05, 0) is 58.8 Å². The number of hydrogen-bond donors (Lipinski definition) is 1. The van der Waals surface area contributed by atoms with Gasteiger partial charge in [-0.15, -0.1) is 10.2 Å². The number of nitrogens with one attached hydrogen (secondary N) is 1. The number of para-hydroxylation sites is 1. The van der Waals surface area contributed by atoms with Crippen molar-refractivity contribution in [1.82, 2.24) is 19.7 Å². The van der Waals surface area contributed by atoms with Gasteiger partial charge >= 0.3 is 0 Å². The maximum absolute atomic E-state index is 13.2. The van der Waals surface area contributed by atoms with Crippen molar-refractivity contribution in [2.45, 2.75) is 13.0 Å². The van der Waals surface area contributed by atoms with Gasteiger partial charge in [-0.3, -0.25) is 9.36 Å². The third-order valence-electron chi connectivity index (χ3n) is 4.74. The van der Waals surface area contributed by atoms with Gasteiger partial charge in [0.15, 0.2) is 0 Å². The Morgan fingerprint density at radius 1 is 1.03 bits per heavy atom. The van der Waals surface area contributed by atoms with Crippen molar-refractivity contribution in [3.8, 4) is 0 Å². The Balaban J connectivity index is 1.48. The van der Waals surface area contributed by atoms with Crippen LogP contribution in [0.1, 0.15) is 16.4 Å². The van der Waals surface area contributed by atoms with Gasteiger partial charge in [0.2, 0.25) is 5.13 Å². The number of halogens is 1. The van der Waals surface area contributed by atoms with E-state index < -0.39 is 0 Å². The maximum Gasteiger partial charge on any atom is 0.261 e. The molecule has 0 aliphatic rings. The number of aromatic nitrogens is 4. The Kier molecular flexibility index (Phi) is 5.27. The minimum Gasteiger partial charge on any atom is -0.330 e. The molecule has 1 N–H and O–H groups in total. The minimum absolute atomic E-state index is 0.0981. The summed E-state index contributed by atoms with van der Waals surface area (Å²) in [4.78, 5) is 18.0. The molecule has 9 heteroatoms. The van der Waals surface area contributed by atoms with Crippen molar-refractivity contribution in [2.75, 3.05) is 5.32 Å². The largest absolute Gasteiger partial charge is 0.330 e. The summed E-state index contributed by atoms with van der Waals surface area (Å²) in [5, 5.41) is 17.4. The van der Waals surface area contributed by atoms with Gasteiger partial charge in [-0.2, -0.15) is 11.3 Å². The molecule has 0 fully saturated rings. The van der Waals surface area contributed by atoms with Crippen molar-refractivity contribution in [2.24, 2.45) is 0 Å². The molecule has 0 bridgehead atoms. The van der Waals surface area contributed by atoms with E-state index in [-0.39, 0.29) is 17.9 Å². The first kappa shape index (κ1) is 19.5. The Morgan fingerprint density at radius 2 is 1.87 bits per heavy atom. The molecule has 3 aromatic heterocycles. The van der Waals surface area contributed by atoms with Crippen molar-refractivity contribution >= 4 is 44.4 Å². The summed E-state index contributed by atoms with van der Waals surface area (Å²) in [6.45, 7) is 0.277. The zero-order chi connectivity index (χ0) is 21.2. The predicted octanol–water partition coefficient (Wildman–Crippen LogP) is 4.83. The summed E-state index contributed by atoms with van der Waals surface area (Å²) in [5.41, 5.74) is 2.41. The molecular weight excluding hydrogens is 433 g/mol. The number of anilines is 2. The highest BCUT2D eigenvalue weighted by Crippen LogP contribution is 2.22. The molecular formula is C22H16FN5OS2. The van der Waals surface area contributed by atoms with Crippen LogP contribution in [-0.4, -0.2) is 19.7 Å². The Morgan fingerprint density at radius 3 is 2.68 bits per heavy atom. The van der Waals surface area contributed by atoms with Crippen molar-refractivity contribution in [3.63, 3.8) is 0 Å². The number of rotatable bonds is 6. The van der Waals surface area contributed by atoms with Crippen LogP contribution in [0.2, 0.25) is 0 Å². The number of benzene rings is 2. The third-order valence-corrected chi connectivity index (χ3v) is 6.29.